The molecule has 56 heavy (non-hydrogen) atoms. The van der Waals surface area contributed by atoms with Crippen molar-refractivity contribution in [2.24, 2.45) is 0 Å². The Morgan fingerprint density at radius 2 is 1.48 bits per heavy atom. The van der Waals surface area contributed by atoms with E-state index in [0.717, 1.165) is 54.6 Å². The zero-order chi connectivity index (χ0) is 39.3. The number of alkyl halides is 5. The fraction of sp³-hybridized carbons (Fsp3) is 0.357. The number of likely N-dealkylation sites (tertiary alicyclic amines) is 2. The van der Waals surface area contributed by atoms with Crippen LogP contribution in [0, 0.1) is 13.8 Å². The van der Waals surface area contributed by atoms with E-state index in [9.17, 15) is 26.7 Å². The molecule has 292 valence electrons. The van der Waals surface area contributed by atoms with Crippen LogP contribution in [-0.2, 0) is 28.8 Å². The van der Waals surface area contributed by atoms with Gasteiger partial charge < -0.3 is 18.3 Å². The highest BCUT2D eigenvalue weighted by molar-refractivity contribution is 5.86. The second-order valence-corrected chi connectivity index (χ2v) is 14.4. The number of nitrogens with zero attached hydrogens (tertiary/aromatic N) is 4. The van der Waals surface area contributed by atoms with Crippen LogP contribution in [0.4, 0.5) is 22.0 Å². The van der Waals surface area contributed by atoms with Crippen molar-refractivity contribution >= 4 is 28.2 Å². The number of oxazole rings is 2. The topological polar surface area (TPSA) is 94.1 Å². The SMILES string of the molecule is COC(=O)C1CCCN1Cc1cc2nc(-c3cccc(-c4cccc(-c5nc6cc(CN7CCCC7)cc(C(F)(F)F)c6o5)c4C)c3C)oc2cc1OC(F)F. The van der Waals surface area contributed by atoms with Gasteiger partial charge in [0.15, 0.2) is 11.2 Å². The third-order valence-corrected chi connectivity index (χ3v) is 10.9. The number of carbonyl (C=O) groups excluding carboxylic acids is 1. The summed E-state index contributed by atoms with van der Waals surface area (Å²) in [5.74, 6) is -0.121. The average Bonchev–Trinajstić information content (AvgIpc) is 3.98. The molecule has 6 aromatic rings. The normalized spacial score (nSPS) is 16.8. The lowest BCUT2D eigenvalue weighted by Crippen LogP contribution is -2.36. The van der Waals surface area contributed by atoms with Crippen LogP contribution in [0.15, 0.2) is 69.5 Å². The Morgan fingerprint density at radius 1 is 0.839 bits per heavy atom. The molecule has 0 spiro atoms. The molecule has 0 saturated carbocycles. The first-order valence-corrected chi connectivity index (χ1v) is 18.5. The number of methoxy groups -OCH3 is 1. The Kier molecular flexibility index (Phi) is 10.0. The van der Waals surface area contributed by atoms with E-state index in [1.165, 1.54) is 19.2 Å². The summed E-state index contributed by atoms with van der Waals surface area (Å²) >= 11 is 0. The molecule has 1 unspecified atom stereocenters. The first-order valence-electron chi connectivity index (χ1n) is 18.5. The third-order valence-electron chi connectivity index (χ3n) is 10.9. The number of hydrogen-bond acceptors (Lipinski definition) is 9. The fourth-order valence-corrected chi connectivity index (χ4v) is 8.11. The van der Waals surface area contributed by atoms with Crippen LogP contribution in [-0.4, -0.2) is 65.1 Å². The molecule has 2 aliphatic heterocycles. The standard InChI is InChI=1S/C42H39F5N4O5/c1-23-27(28-10-7-12-30(24(28)2)39-49-33-18-25(21-50-14-4-5-15-50)17-31(37(33)56-39)42(45,46)47)9-6-11-29(23)38-48-32-19-26(35(55-41(43)44)20-36(32)54-38)22-51-16-8-13-34(51)40(52)53-3/h6-7,9-12,17-20,34,41H,4-5,8,13-16,21-22H2,1-3H3. The molecule has 0 N–H and O–H groups in total. The fourth-order valence-electron chi connectivity index (χ4n) is 8.11. The zero-order valence-electron chi connectivity index (χ0n) is 31.0. The molecule has 2 aliphatic rings. The van der Waals surface area contributed by atoms with E-state index in [2.05, 4.69) is 9.88 Å². The van der Waals surface area contributed by atoms with Crippen LogP contribution in [0.3, 0.4) is 0 Å². The molecule has 2 aromatic heterocycles. The molecule has 0 amide bonds. The molecule has 1 atom stereocenters. The molecule has 14 heteroatoms. The summed E-state index contributed by atoms with van der Waals surface area (Å²) in [5.41, 5.74) is 4.98. The number of fused-ring (bicyclic) bond motifs is 2. The van der Waals surface area contributed by atoms with Crippen molar-refractivity contribution in [1.82, 2.24) is 19.8 Å². The summed E-state index contributed by atoms with van der Waals surface area (Å²) < 4.78 is 92.1. The lowest BCUT2D eigenvalue weighted by atomic mass is 9.91. The van der Waals surface area contributed by atoms with Crippen molar-refractivity contribution in [2.45, 2.75) is 71.4 Å². The number of esters is 1. The molecular weight excluding hydrogens is 735 g/mol. The second kappa shape index (κ2) is 15.0. The number of benzene rings is 4. The largest absolute Gasteiger partial charge is 0.468 e. The van der Waals surface area contributed by atoms with Crippen molar-refractivity contribution in [1.29, 1.82) is 0 Å². The average molecular weight is 775 g/mol. The van der Waals surface area contributed by atoms with Crippen LogP contribution in [0.5, 0.6) is 5.75 Å². The smallest absolute Gasteiger partial charge is 0.420 e. The van der Waals surface area contributed by atoms with Crippen LogP contribution >= 0.6 is 0 Å². The van der Waals surface area contributed by atoms with Gasteiger partial charge in [-0.1, -0.05) is 24.3 Å². The molecule has 9 nitrogen and oxygen atoms in total. The molecule has 0 bridgehead atoms. The van der Waals surface area contributed by atoms with E-state index in [0.29, 0.717) is 47.3 Å². The van der Waals surface area contributed by atoms with Crippen LogP contribution in [0.2, 0.25) is 0 Å². The minimum atomic E-state index is -4.63. The van der Waals surface area contributed by atoms with Crippen LogP contribution < -0.4 is 4.74 Å². The van der Waals surface area contributed by atoms with Gasteiger partial charge in [0.2, 0.25) is 11.8 Å². The molecule has 4 aromatic carbocycles. The van der Waals surface area contributed by atoms with Crippen LogP contribution in [0.25, 0.3) is 56.2 Å². The number of halogens is 5. The monoisotopic (exact) mass is 774 g/mol. The maximum Gasteiger partial charge on any atom is 0.420 e. The van der Waals surface area contributed by atoms with Gasteiger partial charge in [0.05, 0.1) is 7.11 Å². The Balaban J connectivity index is 1.14. The summed E-state index contributed by atoms with van der Waals surface area (Å²) in [6.45, 7) is 3.54. The summed E-state index contributed by atoms with van der Waals surface area (Å²) in [4.78, 5) is 25.7. The minimum absolute atomic E-state index is 0.0759. The zero-order valence-corrected chi connectivity index (χ0v) is 31.0. The molecule has 8 rings (SSSR count). The summed E-state index contributed by atoms with van der Waals surface area (Å²) in [6, 6.07) is 16.5. The van der Waals surface area contributed by atoms with E-state index in [-0.39, 0.29) is 46.7 Å². The summed E-state index contributed by atoms with van der Waals surface area (Å²) in [7, 11) is 1.32. The van der Waals surface area contributed by atoms with Gasteiger partial charge in [0.1, 0.15) is 28.4 Å². The third kappa shape index (κ3) is 7.23. The number of ether oxygens (including phenoxy) is 2. The number of hydrogen-bond donors (Lipinski definition) is 0. The Morgan fingerprint density at radius 3 is 2.12 bits per heavy atom. The minimum Gasteiger partial charge on any atom is -0.468 e. The molecule has 2 fully saturated rings. The summed E-state index contributed by atoms with van der Waals surface area (Å²) in [6.07, 6.45) is -1.23. The molecule has 4 heterocycles. The van der Waals surface area contributed by atoms with E-state index in [4.69, 9.17) is 23.3 Å². The molecule has 2 saturated heterocycles. The van der Waals surface area contributed by atoms with E-state index in [1.54, 1.807) is 24.3 Å². The number of rotatable bonds is 10. The lowest BCUT2D eigenvalue weighted by molar-refractivity contribution is -0.146. The van der Waals surface area contributed by atoms with Crippen molar-refractivity contribution < 1.29 is 45.1 Å². The van der Waals surface area contributed by atoms with Crippen molar-refractivity contribution in [2.75, 3.05) is 26.7 Å². The first kappa shape index (κ1) is 37.6. The lowest BCUT2D eigenvalue weighted by Gasteiger charge is -2.23. The van der Waals surface area contributed by atoms with Gasteiger partial charge in [0, 0.05) is 35.8 Å². The van der Waals surface area contributed by atoms with Gasteiger partial charge in [-0.25, -0.2) is 9.97 Å². The number of carbonyl (C=O) groups is 1. The predicted octanol–water partition coefficient (Wildman–Crippen LogP) is 9.94. The highest BCUT2D eigenvalue weighted by atomic mass is 19.4. The maximum absolute atomic E-state index is 14.3. The Labute approximate surface area is 319 Å². The van der Waals surface area contributed by atoms with Crippen molar-refractivity contribution in [3.8, 4) is 39.8 Å². The molecular formula is C42H39F5N4O5. The predicted molar refractivity (Wildman–Crippen MR) is 199 cm³/mol. The van der Waals surface area contributed by atoms with Gasteiger partial charge in [-0.05, 0) is 117 Å². The van der Waals surface area contributed by atoms with E-state index in [1.807, 2.05) is 43.0 Å². The maximum atomic E-state index is 14.3. The Hall–Kier alpha value is -5.34. The summed E-state index contributed by atoms with van der Waals surface area (Å²) in [5, 5.41) is 0. The van der Waals surface area contributed by atoms with Gasteiger partial charge in [-0.15, -0.1) is 0 Å². The highest BCUT2D eigenvalue weighted by Gasteiger charge is 2.36. The van der Waals surface area contributed by atoms with Crippen molar-refractivity contribution in [3.05, 3.63) is 88.5 Å². The van der Waals surface area contributed by atoms with Gasteiger partial charge in [-0.3, -0.25) is 14.6 Å². The van der Waals surface area contributed by atoms with E-state index < -0.39 is 24.4 Å². The van der Waals surface area contributed by atoms with Gasteiger partial charge >= 0.3 is 18.8 Å². The highest BCUT2D eigenvalue weighted by Crippen LogP contribution is 2.41. The van der Waals surface area contributed by atoms with Gasteiger partial charge in [-0.2, -0.15) is 22.0 Å². The molecule has 0 radical (unpaired) electrons. The first-order chi connectivity index (χ1) is 26.9. The Bertz CT molecular complexity index is 2430. The number of aromatic nitrogens is 2. The molecule has 0 aliphatic carbocycles. The second-order valence-electron chi connectivity index (χ2n) is 14.4. The van der Waals surface area contributed by atoms with E-state index >= 15 is 0 Å². The van der Waals surface area contributed by atoms with Crippen LogP contribution in [0.1, 0.15) is 53.5 Å². The quantitative estimate of drug-likeness (QED) is 0.0996. The van der Waals surface area contributed by atoms with Crippen molar-refractivity contribution in [3.63, 3.8) is 0 Å². The van der Waals surface area contributed by atoms with Gasteiger partial charge in [0.25, 0.3) is 0 Å².